The zero-order valence-electron chi connectivity index (χ0n) is 19.4. The fourth-order valence-electron chi connectivity index (χ4n) is 3.56. The number of amides is 5. The Labute approximate surface area is 184 Å². The highest BCUT2D eigenvalue weighted by molar-refractivity contribution is 6.12. The minimum absolute atomic E-state index is 0.0951. The number of carbonyl (C=O) groups is 5. The molecule has 0 aliphatic carbocycles. The molecule has 1 aliphatic rings. The molecular weight excluding hydrogens is 400 g/mol. The quantitative estimate of drug-likeness (QED) is 0.347. The van der Waals surface area contributed by atoms with E-state index in [9.17, 15) is 24.0 Å². The topological polar surface area (TPSA) is 116 Å². The highest BCUT2D eigenvalue weighted by Gasteiger charge is 2.33. The van der Waals surface area contributed by atoms with Crippen molar-refractivity contribution in [1.29, 1.82) is 0 Å². The highest BCUT2D eigenvalue weighted by Crippen LogP contribution is 2.15. The maximum absolute atomic E-state index is 12.9. The second kappa shape index (κ2) is 12.2. The van der Waals surface area contributed by atoms with Gasteiger partial charge in [-0.3, -0.25) is 28.9 Å². The number of nitrogens with one attached hydrogen (secondary N) is 2. The van der Waals surface area contributed by atoms with Gasteiger partial charge in [0.15, 0.2) is 0 Å². The highest BCUT2D eigenvalue weighted by atomic mass is 16.2. The summed E-state index contributed by atoms with van der Waals surface area (Å²) >= 11 is 0. The van der Waals surface area contributed by atoms with Gasteiger partial charge < -0.3 is 15.5 Å². The summed E-state index contributed by atoms with van der Waals surface area (Å²) in [5.74, 6) is -1.62. The summed E-state index contributed by atoms with van der Waals surface area (Å²) in [7, 11) is 3.12. The van der Waals surface area contributed by atoms with Crippen molar-refractivity contribution in [3.8, 4) is 0 Å². The van der Waals surface area contributed by atoms with Crippen LogP contribution in [0, 0.1) is 11.8 Å². The van der Waals surface area contributed by atoms with Gasteiger partial charge in [-0.15, -0.1) is 0 Å². The van der Waals surface area contributed by atoms with E-state index < -0.39 is 12.1 Å². The van der Waals surface area contributed by atoms with Crippen molar-refractivity contribution in [3.05, 3.63) is 12.2 Å². The van der Waals surface area contributed by atoms with Crippen LogP contribution in [0.3, 0.4) is 0 Å². The van der Waals surface area contributed by atoms with Gasteiger partial charge in [-0.2, -0.15) is 0 Å². The molecule has 9 heteroatoms. The van der Waals surface area contributed by atoms with Gasteiger partial charge in [-0.25, -0.2) is 0 Å². The lowest BCUT2D eigenvalue weighted by Crippen LogP contribution is -2.56. The van der Waals surface area contributed by atoms with Crippen LogP contribution in [-0.4, -0.2) is 72.1 Å². The largest absolute Gasteiger partial charge is 0.357 e. The predicted molar refractivity (Wildman–Crippen MR) is 117 cm³/mol. The van der Waals surface area contributed by atoms with E-state index in [4.69, 9.17) is 0 Å². The number of likely N-dealkylation sites (N-methyl/N-ethyl adjacent to an activating group) is 2. The molecule has 1 unspecified atom stereocenters. The van der Waals surface area contributed by atoms with E-state index in [2.05, 4.69) is 10.6 Å². The zero-order valence-corrected chi connectivity index (χ0v) is 19.4. The summed E-state index contributed by atoms with van der Waals surface area (Å²) in [6, 6.07) is -1.36. The fourth-order valence-corrected chi connectivity index (χ4v) is 3.56. The Morgan fingerprint density at radius 3 is 2.00 bits per heavy atom. The second-order valence-electron chi connectivity index (χ2n) is 8.51. The van der Waals surface area contributed by atoms with Crippen LogP contribution in [0.25, 0.3) is 0 Å². The molecule has 0 aromatic carbocycles. The molecule has 31 heavy (non-hydrogen) atoms. The third-order valence-electron chi connectivity index (χ3n) is 5.38. The number of imide groups is 1. The monoisotopic (exact) mass is 436 g/mol. The number of rotatable bonds is 12. The van der Waals surface area contributed by atoms with E-state index >= 15 is 0 Å². The van der Waals surface area contributed by atoms with Gasteiger partial charge >= 0.3 is 0 Å². The number of hydrogen-bond acceptors (Lipinski definition) is 5. The Bertz CT molecular complexity index is 699. The molecule has 0 spiro atoms. The number of nitrogens with zero attached hydrogens (tertiary/aromatic N) is 2. The summed E-state index contributed by atoms with van der Waals surface area (Å²) in [4.78, 5) is 63.3. The normalized spacial score (nSPS) is 15.4. The van der Waals surface area contributed by atoms with Gasteiger partial charge in [-0.05, 0) is 24.7 Å². The number of unbranched alkanes of at least 4 members (excludes halogenated alkanes) is 2. The van der Waals surface area contributed by atoms with Gasteiger partial charge in [0, 0.05) is 39.2 Å². The molecule has 1 aliphatic heterocycles. The minimum Gasteiger partial charge on any atom is -0.357 e. The third-order valence-corrected chi connectivity index (χ3v) is 5.38. The van der Waals surface area contributed by atoms with E-state index in [-0.39, 0.29) is 47.8 Å². The third kappa shape index (κ3) is 7.48. The Morgan fingerprint density at radius 2 is 1.52 bits per heavy atom. The summed E-state index contributed by atoms with van der Waals surface area (Å²) in [6.07, 6.45) is 4.66. The number of hydrogen-bond donors (Lipinski definition) is 2. The number of carbonyl (C=O) groups excluding carboxylic acids is 5. The lowest BCUT2D eigenvalue weighted by atomic mass is 9.98. The van der Waals surface area contributed by atoms with Crippen LogP contribution in [0.1, 0.15) is 53.4 Å². The van der Waals surface area contributed by atoms with Crippen molar-refractivity contribution in [3.63, 3.8) is 0 Å². The molecule has 174 valence electrons. The van der Waals surface area contributed by atoms with Crippen LogP contribution in [0.2, 0.25) is 0 Å². The second-order valence-corrected chi connectivity index (χ2v) is 8.51. The van der Waals surface area contributed by atoms with Crippen LogP contribution in [0.5, 0.6) is 0 Å². The Balaban J connectivity index is 2.57. The van der Waals surface area contributed by atoms with E-state index in [1.54, 1.807) is 7.05 Å². The lowest BCUT2D eigenvalue weighted by Gasteiger charge is -2.32. The van der Waals surface area contributed by atoms with E-state index in [1.165, 1.54) is 29.0 Å². The average Bonchev–Trinajstić information content (AvgIpc) is 3.02. The minimum atomic E-state index is -0.690. The van der Waals surface area contributed by atoms with Crippen molar-refractivity contribution < 1.29 is 24.0 Å². The van der Waals surface area contributed by atoms with Gasteiger partial charge in [0.25, 0.3) is 11.8 Å². The first kappa shape index (κ1) is 26.3. The van der Waals surface area contributed by atoms with Gasteiger partial charge in [0.05, 0.1) is 0 Å². The van der Waals surface area contributed by atoms with Crippen molar-refractivity contribution >= 4 is 29.5 Å². The molecule has 2 N–H and O–H groups in total. The molecule has 0 aromatic heterocycles. The molecule has 0 fully saturated rings. The van der Waals surface area contributed by atoms with Crippen LogP contribution >= 0.6 is 0 Å². The molecule has 2 atom stereocenters. The van der Waals surface area contributed by atoms with Crippen molar-refractivity contribution in [2.45, 2.75) is 65.5 Å². The van der Waals surface area contributed by atoms with Crippen molar-refractivity contribution in [2.75, 3.05) is 20.6 Å². The summed E-state index contributed by atoms with van der Waals surface area (Å²) in [5, 5.41) is 5.33. The molecular formula is C22H36N4O5. The van der Waals surface area contributed by atoms with Crippen LogP contribution in [-0.2, 0) is 24.0 Å². The molecule has 5 amide bonds. The zero-order chi connectivity index (χ0) is 23.7. The molecule has 0 aromatic rings. The van der Waals surface area contributed by atoms with E-state index in [0.29, 0.717) is 25.8 Å². The SMILES string of the molecule is CNC(=O)C(NC(=O)[C@H](C(C)C)N(C)C(=O)CCCCCN1C(=O)C=CC1=O)C(C)C. The standard InChI is InChI=1S/C22H36N4O5/c1-14(2)19(21(30)23-5)24-22(31)20(15(3)4)25(6)16(27)10-8-7-9-13-26-17(28)11-12-18(26)29/h11-12,14-15,19-20H,7-10,13H2,1-6H3,(H,23,30)(H,24,31)/t19?,20-/m0/s1. The average molecular weight is 437 g/mol. The Hall–Kier alpha value is -2.71. The molecule has 0 saturated carbocycles. The van der Waals surface area contributed by atoms with Crippen molar-refractivity contribution in [1.82, 2.24) is 20.4 Å². The first-order valence-electron chi connectivity index (χ1n) is 10.8. The Morgan fingerprint density at radius 1 is 0.935 bits per heavy atom. The molecule has 0 radical (unpaired) electrons. The smallest absolute Gasteiger partial charge is 0.253 e. The van der Waals surface area contributed by atoms with Gasteiger partial charge in [-0.1, -0.05) is 34.1 Å². The molecule has 0 saturated heterocycles. The molecule has 1 rings (SSSR count). The van der Waals surface area contributed by atoms with Crippen LogP contribution < -0.4 is 10.6 Å². The van der Waals surface area contributed by atoms with E-state index in [0.717, 1.165) is 0 Å². The maximum Gasteiger partial charge on any atom is 0.253 e. The van der Waals surface area contributed by atoms with Gasteiger partial charge in [0.1, 0.15) is 12.1 Å². The van der Waals surface area contributed by atoms with Crippen molar-refractivity contribution in [2.24, 2.45) is 11.8 Å². The first-order valence-corrected chi connectivity index (χ1v) is 10.8. The Kier molecular flexibility index (Phi) is 10.4. The van der Waals surface area contributed by atoms with Crippen LogP contribution in [0.4, 0.5) is 0 Å². The summed E-state index contributed by atoms with van der Waals surface area (Å²) in [5.41, 5.74) is 0. The maximum atomic E-state index is 12.9. The molecule has 1 heterocycles. The van der Waals surface area contributed by atoms with Gasteiger partial charge in [0.2, 0.25) is 17.7 Å². The lowest BCUT2D eigenvalue weighted by molar-refractivity contribution is -0.142. The van der Waals surface area contributed by atoms with E-state index in [1.807, 2.05) is 27.7 Å². The molecule has 9 nitrogen and oxygen atoms in total. The fraction of sp³-hybridized carbons (Fsp3) is 0.682. The van der Waals surface area contributed by atoms with Crippen LogP contribution in [0.15, 0.2) is 12.2 Å². The molecule has 0 bridgehead atoms. The summed E-state index contributed by atoms with van der Waals surface area (Å²) < 4.78 is 0. The predicted octanol–water partition coefficient (Wildman–Crippen LogP) is 0.842. The first-order chi connectivity index (χ1) is 14.5. The summed E-state index contributed by atoms with van der Waals surface area (Å²) in [6.45, 7) is 7.74.